The van der Waals surface area contributed by atoms with Crippen molar-refractivity contribution in [2.45, 2.75) is 44.8 Å². The Morgan fingerprint density at radius 2 is 1.66 bits per heavy atom. The Kier molecular flexibility index (Phi) is 7.76. The quantitative estimate of drug-likeness (QED) is 0.260. The summed E-state index contributed by atoms with van der Waals surface area (Å²) in [5.74, 6) is -6.20. The maximum absolute atomic E-state index is 15.5. The van der Waals surface area contributed by atoms with Crippen LogP contribution in [0.25, 0.3) is 22.2 Å². The normalized spacial score (nSPS) is 13.6. The van der Waals surface area contributed by atoms with E-state index >= 15 is 13.2 Å². The van der Waals surface area contributed by atoms with Crippen LogP contribution in [0, 0.1) is 18.6 Å². The molecular formula is C29H28F4N4O4. The van der Waals surface area contributed by atoms with Gasteiger partial charge < -0.3 is 20.3 Å². The minimum absolute atomic E-state index is 0.0173. The molecule has 12 heteroatoms. The largest absolute Gasteiger partial charge is 0.494 e. The molecule has 41 heavy (non-hydrogen) atoms. The van der Waals surface area contributed by atoms with E-state index in [2.05, 4.69) is 20.5 Å². The summed E-state index contributed by atoms with van der Waals surface area (Å²) in [7, 11) is 1.37. The predicted octanol–water partition coefficient (Wildman–Crippen LogP) is 4.79. The first-order valence-electron chi connectivity index (χ1n) is 12.5. The number of fused-ring (bicyclic) bond motifs is 1. The standard InChI is InChI=1S/C29H28F4N4O4/c1-15-10-17-11-18(12-21(41-5)24(17)37-36-15)26(38)34-14-29(40,28(4,32)33)22-13-20(27(2,3)39)23(31)25(35-22)16-6-8-19(30)9-7-16/h6-13,39-40H,14H2,1-5H3,(H,34,38)/t29-/m0/s1. The highest BCUT2D eigenvalue weighted by molar-refractivity contribution is 5.99. The summed E-state index contributed by atoms with van der Waals surface area (Å²) in [4.78, 5) is 17.1. The molecular weight excluding hydrogens is 544 g/mol. The first-order valence-corrected chi connectivity index (χ1v) is 12.5. The molecule has 0 saturated carbocycles. The number of methoxy groups -OCH3 is 1. The van der Waals surface area contributed by atoms with Gasteiger partial charge >= 0.3 is 0 Å². The van der Waals surface area contributed by atoms with Crippen LogP contribution in [0.5, 0.6) is 5.75 Å². The average Bonchev–Trinajstić information content (AvgIpc) is 2.90. The fourth-order valence-corrected chi connectivity index (χ4v) is 4.28. The van der Waals surface area contributed by atoms with Crippen LogP contribution in [0.3, 0.4) is 0 Å². The van der Waals surface area contributed by atoms with Gasteiger partial charge in [0.25, 0.3) is 11.8 Å². The molecule has 0 aliphatic heterocycles. The number of pyridine rings is 1. The van der Waals surface area contributed by atoms with Crippen LogP contribution < -0.4 is 10.1 Å². The number of halogens is 4. The van der Waals surface area contributed by atoms with Gasteiger partial charge in [0, 0.05) is 29.0 Å². The molecule has 4 rings (SSSR count). The maximum atomic E-state index is 15.5. The minimum atomic E-state index is -3.92. The molecule has 0 bridgehead atoms. The third kappa shape index (κ3) is 5.84. The summed E-state index contributed by atoms with van der Waals surface area (Å²) in [6.07, 6.45) is 0. The zero-order valence-electron chi connectivity index (χ0n) is 22.9. The number of carbonyl (C=O) groups excluding carboxylic acids is 1. The second kappa shape index (κ2) is 10.7. The molecule has 8 nitrogen and oxygen atoms in total. The molecule has 1 atom stereocenters. The van der Waals surface area contributed by atoms with Crippen LogP contribution in [-0.4, -0.2) is 50.9 Å². The Bertz CT molecular complexity index is 1620. The Balaban J connectivity index is 1.79. The summed E-state index contributed by atoms with van der Waals surface area (Å²) >= 11 is 0. The molecule has 0 aliphatic carbocycles. The molecule has 0 saturated heterocycles. The van der Waals surface area contributed by atoms with Gasteiger partial charge in [0.05, 0.1) is 30.6 Å². The van der Waals surface area contributed by atoms with Gasteiger partial charge in [-0.25, -0.2) is 22.5 Å². The molecule has 216 valence electrons. The number of amides is 1. The van der Waals surface area contributed by atoms with Crippen molar-refractivity contribution in [1.82, 2.24) is 20.5 Å². The van der Waals surface area contributed by atoms with E-state index in [1.165, 1.54) is 45.2 Å². The molecule has 2 aromatic heterocycles. The first-order chi connectivity index (χ1) is 19.0. The predicted molar refractivity (Wildman–Crippen MR) is 143 cm³/mol. The van der Waals surface area contributed by atoms with Crippen molar-refractivity contribution in [3.8, 4) is 17.0 Å². The molecule has 4 aromatic rings. The number of ether oxygens (including phenoxy) is 1. The lowest BCUT2D eigenvalue weighted by Gasteiger charge is -2.34. The molecule has 1 amide bonds. The topological polar surface area (TPSA) is 117 Å². The van der Waals surface area contributed by atoms with E-state index in [1.54, 1.807) is 13.0 Å². The summed E-state index contributed by atoms with van der Waals surface area (Å²) in [6.45, 7) is 3.54. The lowest BCUT2D eigenvalue weighted by atomic mass is 9.87. The zero-order valence-corrected chi connectivity index (χ0v) is 22.9. The number of rotatable bonds is 8. The summed E-state index contributed by atoms with van der Waals surface area (Å²) < 4.78 is 64.6. The fourth-order valence-electron chi connectivity index (χ4n) is 4.28. The van der Waals surface area contributed by atoms with Crippen LogP contribution in [0.1, 0.15) is 48.1 Å². The molecule has 0 aliphatic rings. The first kappa shape index (κ1) is 29.8. The van der Waals surface area contributed by atoms with Crippen molar-refractivity contribution in [2.75, 3.05) is 13.7 Å². The lowest BCUT2D eigenvalue weighted by molar-refractivity contribution is -0.174. The van der Waals surface area contributed by atoms with Gasteiger partial charge in [0.2, 0.25) is 0 Å². The minimum Gasteiger partial charge on any atom is -0.494 e. The highest BCUT2D eigenvalue weighted by atomic mass is 19.3. The van der Waals surface area contributed by atoms with E-state index < -0.39 is 58.2 Å². The van der Waals surface area contributed by atoms with Crippen LogP contribution in [-0.2, 0) is 11.2 Å². The summed E-state index contributed by atoms with van der Waals surface area (Å²) in [6, 6.07) is 9.72. The number of aromatic nitrogens is 3. The second-order valence-electron chi connectivity index (χ2n) is 10.3. The van der Waals surface area contributed by atoms with Crippen molar-refractivity contribution in [1.29, 1.82) is 0 Å². The second-order valence-corrected chi connectivity index (χ2v) is 10.3. The van der Waals surface area contributed by atoms with Gasteiger partial charge in [-0.05, 0) is 69.3 Å². The Morgan fingerprint density at radius 1 is 1.00 bits per heavy atom. The number of hydrogen-bond donors (Lipinski definition) is 3. The van der Waals surface area contributed by atoms with Crippen LogP contribution >= 0.6 is 0 Å². The van der Waals surface area contributed by atoms with E-state index in [-0.39, 0.29) is 16.9 Å². The van der Waals surface area contributed by atoms with Crippen molar-refractivity contribution < 1.29 is 37.3 Å². The SMILES string of the molecule is COc1cc(C(=O)NC[C@](O)(c2cc(C(C)(C)O)c(F)c(-c3ccc(F)cc3)n2)C(C)(F)F)cc2cc(C)nnc12. The molecule has 0 fully saturated rings. The number of hydrogen-bond acceptors (Lipinski definition) is 7. The molecule has 2 heterocycles. The van der Waals surface area contributed by atoms with E-state index in [0.29, 0.717) is 23.5 Å². The van der Waals surface area contributed by atoms with Crippen molar-refractivity contribution in [2.24, 2.45) is 0 Å². The average molecular weight is 573 g/mol. The van der Waals surface area contributed by atoms with Gasteiger partial charge in [0.15, 0.2) is 11.4 Å². The fraction of sp³-hybridized carbons (Fsp3) is 0.310. The third-order valence-electron chi connectivity index (χ3n) is 6.65. The van der Waals surface area contributed by atoms with E-state index in [4.69, 9.17) is 4.74 Å². The highest BCUT2D eigenvalue weighted by Crippen LogP contribution is 2.40. The number of aryl methyl sites for hydroxylation is 1. The Labute approximate surface area is 233 Å². The van der Waals surface area contributed by atoms with Crippen LogP contribution in [0.15, 0.2) is 48.5 Å². The molecule has 0 radical (unpaired) electrons. The summed E-state index contributed by atoms with van der Waals surface area (Å²) in [5, 5.41) is 32.8. The van der Waals surface area contributed by atoms with Gasteiger partial charge in [-0.3, -0.25) is 4.79 Å². The van der Waals surface area contributed by atoms with Gasteiger partial charge in [-0.1, -0.05) is 0 Å². The number of benzene rings is 2. The Hall–Kier alpha value is -4.16. The van der Waals surface area contributed by atoms with Crippen LogP contribution in [0.4, 0.5) is 17.6 Å². The van der Waals surface area contributed by atoms with Crippen molar-refractivity contribution in [3.05, 3.63) is 82.7 Å². The number of carbonyl (C=O) groups is 1. The molecule has 2 aromatic carbocycles. The maximum Gasteiger partial charge on any atom is 0.280 e. The van der Waals surface area contributed by atoms with Crippen molar-refractivity contribution in [3.63, 3.8) is 0 Å². The molecule has 0 unspecified atom stereocenters. The van der Waals surface area contributed by atoms with E-state index in [1.807, 2.05) is 0 Å². The van der Waals surface area contributed by atoms with Gasteiger partial charge in [-0.2, -0.15) is 5.10 Å². The van der Waals surface area contributed by atoms with Crippen molar-refractivity contribution >= 4 is 16.8 Å². The monoisotopic (exact) mass is 572 g/mol. The third-order valence-corrected chi connectivity index (χ3v) is 6.65. The van der Waals surface area contributed by atoms with E-state index in [0.717, 1.165) is 18.2 Å². The molecule has 0 spiro atoms. The van der Waals surface area contributed by atoms with Crippen LogP contribution in [0.2, 0.25) is 0 Å². The van der Waals surface area contributed by atoms with Gasteiger partial charge in [0.1, 0.15) is 22.8 Å². The number of aliphatic hydroxyl groups is 2. The Morgan fingerprint density at radius 3 is 2.24 bits per heavy atom. The smallest absolute Gasteiger partial charge is 0.280 e. The summed E-state index contributed by atoms with van der Waals surface area (Å²) in [5.41, 5.74) is -5.70. The molecule has 3 N–H and O–H groups in total. The zero-order chi connectivity index (χ0) is 30.3. The lowest BCUT2D eigenvalue weighted by Crippen LogP contribution is -2.52. The number of nitrogens with zero attached hydrogens (tertiary/aromatic N) is 3. The van der Waals surface area contributed by atoms with E-state index in [9.17, 15) is 19.4 Å². The van der Waals surface area contributed by atoms with Gasteiger partial charge in [-0.15, -0.1) is 5.10 Å². The highest BCUT2D eigenvalue weighted by Gasteiger charge is 2.52. The number of alkyl halides is 2. The number of nitrogens with one attached hydrogen (secondary N) is 1.